The van der Waals surface area contributed by atoms with E-state index in [0.29, 0.717) is 5.75 Å². The topological polar surface area (TPSA) is 50.7 Å². The molecular weight excluding hydrogens is 392 g/mol. The van der Waals surface area contributed by atoms with Gasteiger partial charge in [0.15, 0.2) is 6.61 Å². The normalized spacial score (nSPS) is 11.6. The minimum Gasteiger partial charge on any atom is -0.483 e. The molecule has 0 atom stereocenters. The highest BCUT2D eigenvalue weighted by molar-refractivity contribution is 9.10. The molecule has 0 fully saturated rings. The molecule has 0 unspecified atom stereocenters. The zero-order valence-electron chi connectivity index (χ0n) is 15.7. The predicted molar refractivity (Wildman–Crippen MR) is 110 cm³/mol. The van der Waals surface area contributed by atoms with Crippen LogP contribution >= 0.6 is 15.9 Å². The number of amides is 1. The molecule has 5 heteroatoms. The Balaban J connectivity index is 1.86. The van der Waals surface area contributed by atoms with Crippen molar-refractivity contribution in [1.82, 2.24) is 5.43 Å². The first kappa shape index (κ1) is 20.2. The molecule has 26 heavy (non-hydrogen) atoms. The van der Waals surface area contributed by atoms with Crippen molar-refractivity contribution in [3.8, 4) is 5.75 Å². The Morgan fingerprint density at radius 2 is 1.88 bits per heavy atom. The van der Waals surface area contributed by atoms with Gasteiger partial charge in [-0.25, -0.2) is 5.43 Å². The minimum absolute atomic E-state index is 0.0745. The summed E-state index contributed by atoms with van der Waals surface area (Å²) in [6, 6.07) is 13.9. The van der Waals surface area contributed by atoms with E-state index in [1.807, 2.05) is 37.3 Å². The molecule has 0 aromatic heterocycles. The van der Waals surface area contributed by atoms with E-state index in [0.717, 1.165) is 22.0 Å². The molecule has 2 rings (SSSR count). The fourth-order valence-corrected chi connectivity index (χ4v) is 2.80. The molecule has 138 valence electrons. The maximum atomic E-state index is 11.9. The van der Waals surface area contributed by atoms with Crippen LogP contribution in [0.2, 0.25) is 0 Å². The number of benzene rings is 2. The van der Waals surface area contributed by atoms with Crippen molar-refractivity contribution < 1.29 is 9.53 Å². The van der Waals surface area contributed by atoms with E-state index in [9.17, 15) is 4.79 Å². The van der Waals surface area contributed by atoms with Gasteiger partial charge in [-0.05, 0) is 46.7 Å². The van der Waals surface area contributed by atoms with E-state index >= 15 is 0 Å². The monoisotopic (exact) mass is 416 g/mol. The maximum Gasteiger partial charge on any atom is 0.277 e. The molecule has 0 aliphatic heterocycles. The standard InChI is InChI=1S/C21H25BrN2O2/c1-5-16-12-18(22)10-11-19(16)26-14-20(25)24-23-13-15-6-8-17(9-7-15)21(2,3)4/h6-13H,5,14H2,1-4H3,(H,24,25)/b23-13+. The molecule has 0 aliphatic rings. The Hall–Kier alpha value is -2.14. The van der Waals surface area contributed by atoms with Crippen LogP contribution in [0.15, 0.2) is 52.0 Å². The third-order valence-electron chi connectivity index (χ3n) is 3.94. The summed E-state index contributed by atoms with van der Waals surface area (Å²) in [5, 5.41) is 3.99. The van der Waals surface area contributed by atoms with Crippen LogP contribution in [0.1, 0.15) is 44.4 Å². The fourth-order valence-electron chi connectivity index (χ4n) is 2.39. The van der Waals surface area contributed by atoms with E-state index in [1.54, 1.807) is 6.21 Å². The summed E-state index contributed by atoms with van der Waals surface area (Å²) in [4.78, 5) is 11.9. The lowest BCUT2D eigenvalue weighted by Gasteiger charge is -2.18. The van der Waals surface area contributed by atoms with Crippen molar-refractivity contribution in [1.29, 1.82) is 0 Å². The van der Waals surface area contributed by atoms with Gasteiger partial charge in [0.05, 0.1) is 6.21 Å². The van der Waals surface area contributed by atoms with Crippen molar-refractivity contribution >= 4 is 28.1 Å². The Kier molecular flexibility index (Phi) is 6.98. The maximum absolute atomic E-state index is 11.9. The van der Waals surface area contributed by atoms with Crippen molar-refractivity contribution in [2.24, 2.45) is 5.10 Å². The van der Waals surface area contributed by atoms with Crippen LogP contribution in [0.4, 0.5) is 0 Å². The third-order valence-corrected chi connectivity index (χ3v) is 4.44. The molecule has 0 bridgehead atoms. The number of aryl methyl sites for hydroxylation is 1. The van der Waals surface area contributed by atoms with Gasteiger partial charge in [-0.1, -0.05) is 67.9 Å². The van der Waals surface area contributed by atoms with E-state index < -0.39 is 0 Å². The minimum atomic E-state index is -0.294. The van der Waals surface area contributed by atoms with Gasteiger partial charge >= 0.3 is 0 Å². The van der Waals surface area contributed by atoms with Gasteiger partial charge in [0, 0.05) is 4.47 Å². The largest absolute Gasteiger partial charge is 0.483 e. The molecule has 0 saturated carbocycles. The number of ether oxygens (including phenoxy) is 1. The molecule has 1 N–H and O–H groups in total. The van der Waals surface area contributed by atoms with Crippen LogP contribution in [0.25, 0.3) is 0 Å². The molecule has 0 radical (unpaired) electrons. The second-order valence-corrected chi connectivity index (χ2v) is 7.98. The van der Waals surface area contributed by atoms with Crippen molar-refractivity contribution in [2.75, 3.05) is 6.61 Å². The quantitative estimate of drug-likeness (QED) is 0.540. The molecule has 1 amide bonds. The third kappa shape index (κ3) is 5.99. The first-order valence-corrected chi connectivity index (χ1v) is 9.42. The smallest absolute Gasteiger partial charge is 0.277 e. The number of halogens is 1. The van der Waals surface area contributed by atoms with Gasteiger partial charge < -0.3 is 4.74 Å². The number of carbonyl (C=O) groups excluding carboxylic acids is 1. The van der Waals surface area contributed by atoms with Crippen LogP contribution in [0.3, 0.4) is 0 Å². The van der Waals surface area contributed by atoms with E-state index in [1.165, 1.54) is 5.56 Å². The summed E-state index contributed by atoms with van der Waals surface area (Å²) in [6.45, 7) is 8.49. The van der Waals surface area contributed by atoms with Crippen LogP contribution in [-0.4, -0.2) is 18.7 Å². The van der Waals surface area contributed by atoms with Crippen molar-refractivity contribution in [3.63, 3.8) is 0 Å². The number of nitrogens with zero attached hydrogens (tertiary/aromatic N) is 1. The van der Waals surface area contributed by atoms with Gasteiger partial charge in [-0.15, -0.1) is 0 Å². The first-order chi connectivity index (χ1) is 12.3. The number of nitrogens with one attached hydrogen (secondary N) is 1. The van der Waals surface area contributed by atoms with Crippen LogP contribution in [0, 0.1) is 0 Å². The van der Waals surface area contributed by atoms with Crippen molar-refractivity contribution in [2.45, 2.75) is 39.5 Å². The van der Waals surface area contributed by atoms with Gasteiger partial charge in [-0.3, -0.25) is 4.79 Å². The van der Waals surface area contributed by atoms with Gasteiger partial charge in [0.2, 0.25) is 0 Å². The van der Waals surface area contributed by atoms with Crippen LogP contribution < -0.4 is 10.2 Å². The SMILES string of the molecule is CCc1cc(Br)ccc1OCC(=O)N/N=C/c1ccc(C(C)(C)C)cc1. The van der Waals surface area contributed by atoms with Crippen LogP contribution in [-0.2, 0) is 16.6 Å². The fraction of sp³-hybridized carbons (Fsp3) is 0.333. The number of carbonyl (C=O) groups is 1. The highest BCUT2D eigenvalue weighted by Gasteiger charge is 2.12. The number of rotatable bonds is 6. The second kappa shape index (κ2) is 8.99. The Bertz CT molecular complexity index is 778. The Morgan fingerprint density at radius 3 is 2.50 bits per heavy atom. The number of hydrogen-bond donors (Lipinski definition) is 1. The molecule has 0 aliphatic carbocycles. The average molecular weight is 417 g/mol. The zero-order valence-corrected chi connectivity index (χ0v) is 17.3. The number of hydrazone groups is 1. The van der Waals surface area contributed by atoms with Crippen LogP contribution in [0.5, 0.6) is 5.75 Å². The van der Waals surface area contributed by atoms with Crippen molar-refractivity contribution in [3.05, 3.63) is 63.6 Å². The van der Waals surface area contributed by atoms with E-state index in [-0.39, 0.29) is 17.9 Å². The lowest BCUT2D eigenvalue weighted by atomic mass is 9.87. The van der Waals surface area contributed by atoms with Gasteiger partial charge in [-0.2, -0.15) is 5.10 Å². The molecule has 0 heterocycles. The van der Waals surface area contributed by atoms with Gasteiger partial charge in [0.1, 0.15) is 5.75 Å². The summed E-state index contributed by atoms with van der Waals surface area (Å²) >= 11 is 3.43. The highest BCUT2D eigenvalue weighted by Crippen LogP contribution is 2.23. The Labute approximate surface area is 163 Å². The molecule has 2 aromatic rings. The summed E-state index contributed by atoms with van der Waals surface area (Å²) in [5.74, 6) is 0.421. The lowest BCUT2D eigenvalue weighted by Crippen LogP contribution is -2.24. The number of hydrogen-bond acceptors (Lipinski definition) is 3. The molecule has 2 aromatic carbocycles. The molecule has 0 spiro atoms. The zero-order chi connectivity index (χ0) is 19.2. The highest BCUT2D eigenvalue weighted by atomic mass is 79.9. The first-order valence-electron chi connectivity index (χ1n) is 8.63. The van der Waals surface area contributed by atoms with E-state index in [2.05, 4.69) is 59.4 Å². The predicted octanol–water partition coefficient (Wildman–Crippen LogP) is 4.84. The van der Waals surface area contributed by atoms with Gasteiger partial charge in [0.25, 0.3) is 5.91 Å². The summed E-state index contributed by atoms with van der Waals surface area (Å²) in [5.41, 5.74) is 5.85. The average Bonchev–Trinajstić information content (AvgIpc) is 2.60. The Morgan fingerprint density at radius 1 is 1.19 bits per heavy atom. The van der Waals surface area contributed by atoms with E-state index in [4.69, 9.17) is 4.74 Å². The molecule has 0 saturated heterocycles. The second-order valence-electron chi connectivity index (χ2n) is 7.06. The summed E-state index contributed by atoms with van der Waals surface area (Å²) < 4.78 is 6.59. The molecular formula is C21H25BrN2O2. The summed E-state index contributed by atoms with van der Waals surface area (Å²) in [7, 11) is 0. The lowest BCUT2D eigenvalue weighted by molar-refractivity contribution is -0.123. The molecule has 4 nitrogen and oxygen atoms in total. The summed E-state index contributed by atoms with van der Waals surface area (Å²) in [6.07, 6.45) is 2.46.